The highest BCUT2D eigenvalue weighted by Crippen LogP contribution is 2.36. The highest BCUT2D eigenvalue weighted by molar-refractivity contribution is 6.35. The molecule has 1 aliphatic heterocycles. The summed E-state index contributed by atoms with van der Waals surface area (Å²) in [7, 11) is 0. The van der Waals surface area contributed by atoms with Crippen molar-refractivity contribution in [3.8, 4) is 11.1 Å². The first-order valence-electron chi connectivity index (χ1n) is 8.63. The summed E-state index contributed by atoms with van der Waals surface area (Å²) >= 11 is 6.02. The van der Waals surface area contributed by atoms with Crippen LogP contribution in [-0.4, -0.2) is 21.8 Å². The molecule has 2 amide bonds. The van der Waals surface area contributed by atoms with Gasteiger partial charge in [0.2, 0.25) is 0 Å². The van der Waals surface area contributed by atoms with Crippen molar-refractivity contribution < 1.29 is 9.59 Å². The molecule has 3 heterocycles. The molecular weight excluding hydrogens is 374 g/mol. The lowest BCUT2D eigenvalue weighted by Crippen LogP contribution is -2.30. The number of hydrogen-bond acceptors (Lipinski definition) is 4. The van der Waals surface area contributed by atoms with Crippen LogP contribution in [0.5, 0.6) is 0 Å². The average molecular weight is 386 g/mol. The van der Waals surface area contributed by atoms with E-state index in [9.17, 15) is 9.59 Å². The zero-order valence-corrected chi connectivity index (χ0v) is 15.2. The van der Waals surface area contributed by atoms with E-state index in [1.165, 1.54) is 0 Å². The van der Waals surface area contributed by atoms with E-state index in [4.69, 9.17) is 11.6 Å². The fourth-order valence-corrected chi connectivity index (χ4v) is 3.52. The van der Waals surface area contributed by atoms with E-state index in [2.05, 4.69) is 9.97 Å². The molecule has 0 atom stereocenters. The number of carbonyl (C=O) groups excluding carboxylic acids is 2. The molecule has 0 fully saturated rings. The first-order valence-corrected chi connectivity index (χ1v) is 9.01. The van der Waals surface area contributed by atoms with E-state index in [-0.39, 0.29) is 5.82 Å². The Morgan fingerprint density at radius 3 is 2.14 bits per heavy atom. The van der Waals surface area contributed by atoms with E-state index in [1.54, 1.807) is 42.6 Å². The summed E-state index contributed by atoms with van der Waals surface area (Å²) in [6.07, 6.45) is 1.63. The quantitative estimate of drug-likeness (QED) is 0.467. The number of fused-ring (bicyclic) bond motifs is 2. The average Bonchev–Trinajstić information content (AvgIpc) is 2.98. The van der Waals surface area contributed by atoms with E-state index in [0.29, 0.717) is 27.4 Å². The first-order chi connectivity index (χ1) is 13.6. The third kappa shape index (κ3) is 2.48. The van der Waals surface area contributed by atoms with E-state index < -0.39 is 11.8 Å². The van der Waals surface area contributed by atoms with Crippen LogP contribution in [-0.2, 0) is 0 Å². The minimum absolute atomic E-state index is 0.264. The van der Waals surface area contributed by atoms with Gasteiger partial charge in [0.15, 0.2) is 11.5 Å². The number of rotatable bonds is 2. The van der Waals surface area contributed by atoms with E-state index >= 15 is 0 Å². The molecule has 0 saturated heterocycles. The van der Waals surface area contributed by atoms with Crippen molar-refractivity contribution in [1.29, 1.82) is 0 Å². The van der Waals surface area contributed by atoms with Crippen LogP contribution in [0.25, 0.3) is 22.2 Å². The first kappa shape index (κ1) is 16.6. The number of anilines is 1. The Morgan fingerprint density at radius 1 is 0.786 bits per heavy atom. The molecule has 2 aromatic heterocycles. The van der Waals surface area contributed by atoms with Gasteiger partial charge in [0.25, 0.3) is 11.8 Å². The Hall–Kier alpha value is -3.57. The van der Waals surface area contributed by atoms with Gasteiger partial charge < -0.3 is 0 Å². The van der Waals surface area contributed by atoms with Gasteiger partial charge in [0.05, 0.1) is 11.1 Å². The minimum atomic E-state index is -0.390. The van der Waals surface area contributed by atoms with Crippen LogP contribution in [0.3, 0.4) is 0 Å². The van der Waals surface area contributed by atoms with Gasteiger partial charge in [-0.15, -0.1) is 0 Å². The van der Waals surface area contributed by atoms with Crippen LogP contribution in [0, 0.1) is 0 Å². The third-order valence-electron chi connectivity index (χ3n) is 4.73. The SMILES string of the molecule is O=C1c2ccccc2C(=O)N1c1nc2ncccc2cc1-c1ccc(Cl)cc1. The van der Waals surface area contributed by atoms with E-state index in [1.807, 2.05) is 30.3 Å². The van der Waals surface area contributed by atoms with Gasteiger partial charge in [-0.1, -0.05) is 35.9 Å². The number of amides is 2. The van der Waals surface area contributed by atoms with Crippen molar-refractivity contribution in [1.82, 2.24) is 9.97 Å². The van der Waals surface area contributed by atoms with Gasteiger partial charge in [-0.05, 0) is 48.0 Å². The summed E-state index contributed by atoms with van der Waals surface area (Å²) in [5.74, 6) is -0.517. The van der Waals surface area contributed by atoms with Crippen LogP contribution in [0.2, 0.25) is 5.02 Å². The number of pyridine rings is 2. The molecule has 0 aliphatic carbocycles. The van der Waals surface area contributed by atoms with Crippen LogP contribution in [0.1, 0.15) is 20.7 Å². The maximum Gasteiger partial charge on any atom is 0.267 e. The lowest BCUT2D eigenvalue weighted by molar-refractivity contribution is 0.0925. The number of aromatic nitrogens is 2. The summed E-state index contributed by atoms with van der Waals surface area (Å²) < 4.78 is 0. The maximum atomic E-state index is 13.0. The van der Waals surface area contributed by atoms with Crippen LogP contribution in [0.4, 0.5) is 5.82 Å². The molecule has 0 spiro atoms. The molecule has 0 N–H and O–H groups in total. The predicted molar refractivity (Wildman–Crippen MR) is 108 cm³/mol. The van der Waals surface area contributed by atoms with Crippen LogP contribution >= 0.6 is 11.6 Å². The number of nitrogens with zero attached hydrogens (tertiary/aromatic N) is 3. The number of carbonyl (C=O) groups is 2. The molecule has 2 aromatic carbocycles. The Morgan fingerprint density at radius 2 is 1.46 bits per heavy atom. The second kappa shape index (κ2) is 6.25. The lowest BCUT2D eigenvalue weighted by atomic mass is 10.0. The monoisotopic (exact) mass is 385 g/mol. The van der Waals surface area contributed by atoms with Gasteiger partial charge in [-0.25, -0.2) is 14.9 Å². The second-order valence-corrected chi connectivity index (χ2v) is 6.84. The van der Waals surface area contributed by atoms with Gasteiger partial charge >= 0.3 is 0 Å². The molecule has 5 nitrogen and oxygen atoms in total. The normalized spacial score (nSPS) is 13.2. The molecule has 134 valence electrons. The summed E-state index contributed by atoms with van der Waals surface area (Å²) in [5, 5.41) is 1.41. The molecule has 4 aromatic rings. The molecule has 0 saturated carbocycles. The fraction of sp³-hybridized carbons (Fsp3) is 0. The van der Waals surface area contributed by atoms with Crippen molar-refractivity contribution in [3.05, 3.63) is 89.1 Å². The van der Waals surface area contributed by atoms with Gasteiger partial charge in [-0.3, -0.25) is 9.59 Å². The molecular formula is C22H12ClN3O2. The molecule has 28 heavy (non-hydrogen) atoms. The van der Waals surface area contributed by atoms with Gasteiger partial charge in [0.1, 0.15) is 0 Å². The standard InChI is InChI=1S/C22H12ClN3O2/c23-15-9-7-13(8-10-15)18-12-14-4-3-11-24-19(14)25-20(18)26-21(27)16-5-1-2-6-17(16)22(26)28/h1-12H. The topological polar surface area (TPSA) is 63.2 Å². The van der Waals surface area contributed by atoms with Crippen molar-refractivity contribution >= 4 is 40.3 Å². The lowest BCUT2D eigenvalue weighted by Gasteiger charge is -2.18. The Labute approximate surface area is 165 Å². The number of benzene rings is 2. The number of hydrogen-bond donors (Lipinski definition) is 0. The molecule has 0 radical (unpaired) electrons. The smallest absolute Gasteiger partial charge is 0.267 e. The summed E-state index contributed by atoms with van der Waals surface area (Å²) in [4.78, 5) is 36.0. The summed E-state index contributed by atoms with van der Waals surface area (Å²) in [5.41, 5.74) is 2.67. The van der Waals surface area contributed by atoms with Crippen molar-refractivity contribution in [2.75, 3.05) is 4.90 Å². The molecule has 6 heteroatoms. The predicted octanol–water partition coefficient (Wildman–Crippen LogP) is 4.75. The van der Waals surface area contributed by atoms with Crippen LogP contribution in [0.15, 0.2) is 72.9 Å². The zero-order valence-electron chi connectivity index (χ0n) is 14.5. The summed E-state index contributed by atoms with van der Waals surface area (Å²) in [6.45, 7) is 0. The van der Waals surface area contributed by atoms with Crippen molar-refractivity contribution in [2.45, 2.75) is 0 Å². The number of imide groups is 1. The Bertz CT molecular complexity index is 1230. The maximum absolute atomic E-state index is 13.0. The highest BCUT2D eigenvalue weighted by Gasteiger charge is 2.38. The molecule has 5 rings (SSSR count). The second-order valence-electron chi connectivity index (χ2n) is 6.41. The zero-order chi connectivity index (χ0) is 19.3. The summed E-state index contributed by atoms with van der Waals surface area (Å²) in [6, 6.07) is 19.6. The van der Waals surface area contributed by atoms with Gasteiger partial charge in [-0.2, -0.15) is 0 Å². The Kier molecular flexibility index (Phi) is 3.70. The Balaban J connectivity index is 1.77. The third-order valence-corrected chi connectivity index (χ3v) is 4.98. The van der Waals surface area contributed by atoms with Crippen molar-refractivity contribution in [2.24, 2.45) is 0 Å². The molecule has 1 aliphatic rings. The highest BCUT2D eigenvalue weighted by atomic mass is 35.5. The largest absolute Gasteiger partial charge is 0.268 e. The number of halogens is 1. The van der Waals surface area contributed by atoms with Crippen LogP contribution < -0.4 is 4.90 Å². The molecule has 0 bridgehead atoms. The van der Waals surface area contributed by atoms with E-state index in [0.717, 1.165) is 15.8 Å². The minimum Gasteiger partial charge on any atom is -0.268 e. The molecule has 0 unspecified atom stereocenters. The fourth-order valence-electron chi connectivity index (χ4n) is 3.39. The van der Waals surface area contributed by atoms with Crippen molar-refractivity contribution in [3.63, 3.8) is 0 Å². The van der Waals surface area contributed by atoms with Gasteiger partial charge in [0, 0.05) is 22.2 Å².